The third-order valence-corrected chi connectivity index (χ3v) is 5.76. The number of primary sulfonamides is 1. The maximum atomic E-state index is 12.4. The fourth-order valence-electron chi connectivity index (χ4n) is 3.46. The lowest BCUT2D eigenvalue weighted by molar-refractivity contribution is 0.415. The van der Waals surface area contributed by atoms with E-state index in [1.54, 1.807) is 26.2 Å². The lowest BCUT2D eigenvalue weighted by Gasteiger charge is -2.17. The number of nitrogens with two attached hydrogens (primary N) is 1. The van der Waals surface area contributed by atoms with Crippen LogP contribution >= 0.6 is 0 Å². The van der Waals surface area contributed by atoms with Gasteiger partial charge in [-0.15, -0.1) is 0 Å². The zero-order chi connectivity index (χ0) is 21.3. The van der Waals surface area contributed by atoms with Crippen LogP contribution in [0.25, 0.3) is 33.6 Å². The van der Waals surface area contributed by atoms with Gasteiger partial charge >= 0.3 is 0 Å². The number of sulfonamides is 1. The molecule has 1 heterocycles. The van der Waals surface area contributed by atoms with Crippen LogP contribution in [-0.2, 0) is 10.0 Å². The summed E-state index contributed by atoms with van der Waals surface area (Å²) in [4.78, 5) is -0.0187. The maximum absolute atomic E-state index is 12.4. The third-order valence-electron chi connectivity index (χ3n) is 4.81. The van der Waals surface area contributed by atoms with Crippen molar-refractivity contribution < 1.29 is 17.7 Å². The summed E-state index contributed by atoms with van der Waals surface area (Å²) in [5, 5.41) is 9.52. The second-order valence-electron chi connectivity index (χ2n) is 6.83. The predicted octanol–water partition coefficient (Wildman–Crippen LogP) is 4.64. The van der Waals surface area contributed by atoms with Crippen molar-refractivity contribution >= 4 is 10.0 Å². The van der Waals surface area contributed by atoms with Gasteiger partial charge in [-0.25, -0.2) is 13.6 Å². The van der Waals surface area contributed by atoms with Gasteiger partial charge in [-0.05, 0) is 41.8 Å². The van der Waals surface area contributed by atoms with Crippen molar-refractivity contribution in [2.45, 2.75) is 11.8 Å². The van der Waals surface area contributed by atoms with E-state index in [1.165, 1.54) is 6.07 Å². The SMILES string of the molecule is COc1ccc(-c2ccc(S(N)(=O)=O)c(-c3cc(C)no3)c2-c2ccccc2)cc1. The van der Waals surface area contributed by atoms with Crippen molar-refractivity contribution in [3.8, 4) is 39.3 Å². The Balaban J connectivity index is 2.11. The van der Waals surface area contributed by atoms with E-state index >= 15 is 0 Å². The van der Waals surface area contributed by atoms with Crippen LogP contribution in [0, 0.1) is 6.92 Å². The number of rotatable bonds is 5. The molecule has 4 aromatic rings. The summed E-state index contributed by atoms with van der Waals surface area (Å²) in [6.45, 7) is 1.78. The van der Waals surface area contributed by atoms with E-state index in [0.29, 0.717) is 22.6 Å². The highest BCUT2D eigenvalue weighted by Gasteiger charge is 2.25. The molecule has 152 valence electrons. The first kappa shape index (κ1) is 19.9. The zero-order valence-corrected chi connectivity index (χ0v) is 17.3. The van der Waals surface area contributed by atoms with Gasteiger partial charge in [-0.3, -0.25) is 0 Å². The number of nitrogens with zero attached hydrogens (tertiary/aromatic N) is 1. The van der Waals surface area contributed by atoms with Crippen LogP contribution in [0.4, 0.5) is 0 Å². The lowest BCUT2D eigenvalue weighted by Crippen LogP contribution is -2.14. The maximum Gasteiger partial charge on any atom is 0.238 e. The molecule has 0 aliphatic rings. The second-order valence-corrected chi connectivity index (χ2v) is 8.36. The molecule has 4 rings (SSSR count). The van der Waals surface area contributed by atoms with Crippen molar-refractivity contribution in [2.75, 3.05) is 7.11 Å². The molecule has 0 amide bonds. The fraction of sp³-hybridized carbons (Fsp3) is 0.0870. The first-order chi connectivity index (χ1) is 14.4. The summed E-state index contributed by atoms with van der Waals surface area (Å²) < 4.78 is 35.6. The monoisotopic (exact) mass is 420 g/mol. The van der Waals surface area contributed by atoms with Gasteiger partial charge in [-0.1, -0.05) is 53.7 Å². The van der Waals surface area contributed by atoms with Crippen LogP contribution in [0.15, 0.2) is 82.2 Å². The molecule has 0 saturated heterocycles. The molecule has 0 spiro atoms. The second kappa shape index (κ2) is 7.78. The normalized spacial score (nSPS) is 11.4. The number of hydrogen-bond acceptors (Lipinski definition) is 5. The van der Waals surface area contributed by atoms with Gasteiger partial charge < -0.3 is 9.26 Å². The van der Waals surface area contributed by atoms with Gasteiger partial charge in [0.05, 0.1) is 17.7 Å². The molecular weight excluding hydrogens is 400 g/mol. The van der Waals surface area contributed by atoms with Crippen LogP contribution < -0.4 is 9.88 Å². The number of benzene rings is 3. The minimum absolute atomic E-state index is 0.0187. The molecule has 0 fully saturated rings. The fourth-order valence-corrected chi connectivity index (χ4v) is 4.21. The van der Waals surface area contributed by atoms with Crippen LogP contribution in [0.3, 0.4) is 0 Å². The Kier molecular flexibility index (Phi) is 5.15. The highest BCUT2D eigenvalue weighted by atomic mass is 32.2. The molecule has 0 bridgehead atoms. The number of ether oxygens (including phenoxy) is 1. The summed E-state index contributed by atoms with van der Waals surface area (Å²) in [7, 11) is -2.41. The molecule has 6 nitrogen and oxygen atoms in total. The molecule has 0 aliphatic heterocycles. The van der Waals surface area contributed by atoms with Gasteiger partial charge in [0.15, 0.2) is 5.76 Å². The standard InChI is InChI=1S/C23H20N2O4S/c1-15-14-20(29-25-15)23-21(30(24,26)27)13-12-19(16-8-10-18(28-2)11-9-16)22(23)17-6-4-3-5-7-17/h3-14H,1-2H3,(H2,24,26,27). The topological polar surface area (TPSA) is 95.4 Å². The quantitative estimate of drug-likeness (QED) is 0.507. The van der Waals surface area contributed by atoms with E-state index in [9.17, 15) is 8.42 Å². The first-order valence-corrected chi connectivity index (χ1v) is 10.8. The van der Waals surface area contributed by atoms with Crippen molar-refractivity contribution in [1.29, 1.82) is 0 Å². The molecular formula is C23H20N2O4S. The van der Waals surface area contributed by atoms with Crippen LogP contribution in [0.2, 0.25) is 0 Å². The summed E-state index contributed by atoms with van der Waals surface area (Å²) in [5.74, 6) is 1.07. The van der Waals surface area contributed by atoms with Gasteiger partial charge in [0.25, 0.3) is 0 Å². The largest absolute Gasteiger partial charge is 0.497 e. The van der Waals surface area contributed by atoms with Gasteiger partial charge in [0, 0.05) is 17.2 Å². The Bertz CT molecular complexity index is 1300. The van der Waals surface area contributed by atoms with Crippen molar-refractivity contribution in [3.05, 3.63) is 78.5 Å². The lowest BCUT2D eigenvalue weighted by atomic mass is 9.89. The highest BCUT2D eigenvalue weighted by Crippen LogP contribution is 2.43. The van der Waals surface area contributed by atoms with Gasteiger partial charge in [-0.2, -0.15) is 0 Å². The summed E-state index contributed by atoms with van der Waals surface area (Å²) in [6.07, 6.45) is 0. The van der Waals surface area contributed by atoms with Crippen molar-refractivity contribution in [1.82, 2.24) is 5.16 Å². The summed E-state index contributed by atoms with van der Waals surface area (Å²) >= 11 is 0. The minimum Gasteiger partial charge on any atom is -0.497 e. The Morgan fingerprint density at radius 2 is 1.60 bits per heavy atom. The van der Waals surface area contributed by atoms with E-state index in [1.807, 2.05) is 54.6 Å². The minimum atomic E-state index is -4.02. The third kappa shape index (κ3) is 3.72. The predicted molar refractivity (Wildman–Crippen MR) is 115 cm³/mol. The average molecular weight is 420 g/mol. The van der Waals surface area contributed by atoms with E-state index in [0.717, 1.165) is 22.4 Å². The smallest absolute Gasteiger partial charge is 0.238 e. The van der Waals surface area contributed by atoms with Gasteiger partial charge in [0.1, 0.15) is 5.75 Å². The average Bonchev–Trinajstić information content (AvgIpc) is 3.19. The Hall–Kier alpha value is -3.42. The molecule has 3 aromatic carbocycles. The number of aryl methyl sites for hydroxylation is 1. The Morgan fingerprint density at radius 1 is 0.900 bits per heavy atom. The molecule has 0 saturated carbocycles. The zero-order valence-electron chi connectivity index (χ0n) is 16.5. The van der Waals surface area contributed by atoms with Crippen molar-refractivity contribution in [2.24, 2.45) is 5.14 Å². The highest BCUT2D eigenvalue weighted by molar-refractivity contribution is 7.89. The molecule has 7 heteroatoms. The molecule has 2 N–H and O–H groups in total. The Labute approximate surface area is 175 Å². The van der Waals surface area contributed by atoms with E-state index < -0.39 is 10.0 Å². The number of hydrogen-bond donors (Lipinski definition) is 1. The van der Waals surface area contributed by atoms with Crippen molar-refractivity contribution in [3.63, 3.8) is 0 Å². The van der Waals surface area contributed by atoms with E-state index in [4.69, 9.17) is 14.4 Å². The van der Waals surface area contributed by atoms with Crippen LogP contribution in [0.5, 0.6) is 5.75 Å². The molecule has 30 heavy (non-hydrogen) atoms. The van der Waals surface area contributed by atoms with Crippen LogP contribution in [-0.4, -0.2) is 20.7 Å². The molecule has 0 atom stereocenters. The van der Waals surface area contributed by atoms with Crippen LogP contribution in [0.1, 0.15) is 5.69 Å². The number of methoxy groups -OCH3 is 1. The molecule has 0 radical (unpaired) electrons. The molecule has 0 unspecified atom stereocenters. The summed E-state index contributed by atoms with van der Waals surface area (Å²) in [5.41, 5.74) is 4.28. The van der Waals surface area contributed by atoms with E-state index in [-0.39, 0.29) is 4.90 Å². The Morgan fingerprint density at radius 3 is 2.17 bits per heavy atom. The summed E-state index contributed by atoms with van der Waals surface area (Å²) in [6, 6.07) is 22.1. The van der Waals surface area contributed by atoms with E-state index in [2.05, 4.69) is 5.16 Å². The molecule has 1 aromatic heterocycles. The first-order valence-electron chi connectivity index (χ1n) is 9.22. The number of aromatic nitrogens is 1. The molecule has 0 aliphatic carbocycles. The van der Waals surface area contributed by atoms with Gasteiger partial charge in [0.2, 0.25) is 10.0 Å².